The first-order chi connectivity index (χ1) is 5.83. The Bertz CT molecular complexity index is 248. The molecule has 0 bridgehead atoms. The molecule has 0 aliphatic heterocycles. The van der Waals surface area contributed by atoms with E-state index in [0.29, 0.717) is 5.75 Å². The van der Waals surface area contributed by atoms with E-state index in [2.05, 4.69) is 5.11 Å². The van der Waals surface area contributed by atoms with Gasteiger partial charge in [0.25, 0.3) is 1.43 Å². The fraction of sp³-hybridized carbons (Fsp3) is 0.125. The van der Waals surface area contributed by atoms with E-state index in [-0.39, 0.29) is 6.61 Å². The molecule has 11 heavy (non-hydrogen) atoms. The quantitative estimate of drug-likeness (QED) is 0.708. The molecule has 0 fully saturated rings. The molecular weight excluding hydrogens is 144 g/mol. The van der Waals surface area contributed by atoms with Gasteiger partial charge in [-0.2, -0.15) is 0 Å². The Morgan fingerprint density at radius 2 is 2.27 bits per heavy atom. The highest BCUT2D eigenvalue weighted by Crippen LogP contribution is 2.07. The lowest BCUT2D eigenvalue weighted by atomic mass is 10.3. The van der Waals surface area contributed by atoms with Crippen molar-refractivity contribution in [1.82, 2.24) is 0 Å². The number of hydrogen-bond acceptors (Lipinski definition) is 3. The SMILES string of the molecule is [2H]OC(=O)COc1ccccc1. The van der Waals surface area contributed by atoms with Crippen molar-refractivity contribution in [2.45, 2.75) is 0 Å². The Labute approximate surface area is 65.7 Å². The molecule has 3 heteroatoms. The van der Waals surface area contributed by atoms with Crippen molar-refractivity contribution in [3.05, 3.63) is 30.3 Å². The fourth-order valence-electron chi connectivity index (χ4n) is 0.659. The Kier molecular flexibility index (Phi) is 2.04. The molecule has 0 atom stereocenters. The maximum Gasteiger partial charge on any atom is 0.341 e. The highest BCUT2D eigenvalue weighted by atomic mass is 16.5. The molecule has 0 aromatic heterocycles. The summed E-state index contributed by atoms with van der Waals surface area (Å²) in [6.45, 7) is -0.229. The van der Waals surface area contributed by atoms with Gasteiger partial charge in [-0.25, -0.2) is 4.79 Å². The maximum absolute atomic E-state index is 10.5. The number of para-hydroxylation sites is 1. The topological polar surface area (TPSA) is 46.5 Å². The van der Waals surface area contributed by atoms with Crippen molar-refractivity contribution in [1.29, 1.82) is 1.43 Å². The average Bonchev–Trinajstić information content (AvgIpc) is 2.16. The van der Waals surface area contributed by atoms with Crippen LogP contribution >= 0.6 is 0 Å². The molecule has 0 aliphatic rings. The third-order valence-corrected chi connectivity index (χ3v) is 1.10. The lowest BCUT2D eigenvalue weighted by Crippen LogP contribution is -2.09. The number of hydrogen-bond donors (Lipinski definition) is 1. The minimum absolute atomic E-state index is 0.229. The highest BCUT2D eigenvalue weighted by Gasteiger charge is 1.96. The van der Waals surface area contributed by atoms with E-state index in [4.69, 9.17) is 6.17 Å². The van der Waals surface area contributed by atoms with Crippen LogP contribution in [0, 0.1) is 0 Å². The molecule has 58 valence electrons. The van der Waals surface area contributed by atoms with Gasteiger partial charge in [0.1, 0.15) is 5.75 Å². The summed E-state index contributed by atoms with van der Waals surface area (Å²) in [5, 5.41) is 3.66. The largest absolute Gasteiger partial charge is 0.482 e. The first-order valence-corrected chi connectivity index (χ1v) is 3.17. The average molecular weight is 153 g/mol. The Morgan fingerprint density at radius 1 is 1.55 bits per heavy atom. The Morgan fingerprint density at radius 3 is 2.91 bits per heavy atom. The lowest BCUT2D eigenvalue weighted by molar-refractivity contribution is -0.139. The van der Waals surface area contributed by atoms with Gasteiger partial charge in [-0.15, -0.1) is 0 Å². The molecule has 1 rings (SSSR count). The molecule has 0 amide bonds. The molecule has 1 N–H and O–H groups in total. The van der Waals surface area contributed by atoms with Crippen LogP contribution in [0.2, 0.25) is 0 Å². The molecular formula is C8H8O3. The van der Waals surface area contributed by atoms with Crippen LogP contribution in [0.15, 0.2) is 30.3 Å². The zero-order valence-corrected chi connectivity index (χ0v) is 5.82. The summed E-state index contributed by atoms with van der Waals surface area (Å²) in [5.74, 6) is -0.123. The van der Waals surface area contributed by atoms with Gasteiger partial charge in [0.05, 0.1) is 0 Å². The summed E-state index contributed by atoms with van der Waals surface area (Å²) in [6.07, 6.45) is 0. The number of rotatable bonds is 3. The highest BCUT2D eigenvalue weighted by molar-refractivity contribution is 5.68. The van der Waals surface area contributed by atoms with E-state index in [9.17, 15) is 4.79 Å². The normalized spacial score (nSPS) is 10.0. The summed E-state index contributed by atoms with van der Waals surface area (Å²) in [5.41, 5.74) is 0. The van der Waals surface area contributed by atoms with Gasteiger partial charge in [-0.05, 0) is 12.1 Å². The molecule has 0 heterocycles. The second-order valence-electron chi connectivity index (χ2n) is 1.97. The molecule has 3 nitrogen and oxygen atoms in total. The van der Waals surface area contributed by atoms with E-state index in [1.54, 1.807) is 24.3 Å². The molecule has 0 aliphatic carbocycles. The van der Waals surface area contributed by atoms with E-state index in [0.717, 1.165) is 0 Å². The van der Waals surface area contributed by atoms with E-state index >= 15 is 0 Å². The van der Waals surface area contributed by atoms with Gasteiger partial charge in [-0.3, -0.25) is 0 Å². The summed E-state index contributed by atoms with van der Waals surface area (Å²) in [7, 11) is 0. The van der Waals surface area contributed by atoms with Crippen molar-refractivity contribution >= 4 is 5.97 Å². The molecule has 0 saturated heterocycles. The van der Waals surface area contributed by atoms with Crippen LogP contribution in [-0.2, 0) is 4.79 Å². The van der Waals surface area contributed by atoms with Crippen LogP contribution < -0.4 is 4.74 Å². The number of benzene rings is 1. The zero-order valence-electron chi connectivity index (χ0n) is 6.82. The van der Waals surface area contributed by atoms with Crippen LogP contribution in [0.4, 0.5) is 0 Å². The van der Waals surface area contributed by atoms with E-state index in [1.165, 1.54) is 0 Å². The van der Waals surface area contributed by atoms with Gasteiger partial charge < -0.3 is 9.85 Å². The third kappa shape index (κ3) is 2.71. The molecule has 1 aromatic rings. The minimum Gasteiger partial charge on any atom is -0.482 e. The molecule has 1 aromatic carbocycles. The number of carboxylic acid groups (broad SMARTS) is 1. The molecule has 0 spiro atoms. The summed E-state index contributed by atoms with van der Waals surface area (Å²) in [6, 6.07) is 8.87. The van der Waals surface area contributed by atoms with Gasteiger partial charge in [-0.1, -0.05) is 18.2 Å². The molecule has 0 saturated carbocycles. The lowest BCUT2D eigenvalue weighted by Gasteiger charge is -2.00. The van der Waals surface area contributed by atoms with Crippen LogP contribution in [0.25, 0.3) is 1.43 Å². The maximum atomic E-state index is 10.5. The summed E-state index contributed by atoms with van der Waals surface area (Å²) >= 11 is 0. The van der Waals surface area contributed by atoms with E-state index in [1.807, 2.05) is 6.07 Å². The third-order valence-electron chi connectivity index (χ3n) is 1.10. The number of carbonyl (C=O) groups is 1. The molecule has 0 radical (unpaired) electrons. The van der Waals surface area contributed by atoms with Gasteiger partial charge in [0.15, 0.2) is 6.61 Å². The summed E-state index contributed by atoms with van der Waals surface area (Å²) in [4.78, 5) is 10.5. The first kappa shape index (κ1) is 6.22. The van der Waals surface area contributed by atoms with E-state index < -0.39 is 5.97 Å². The van der Waals surface area contributed by atoms with Crippen LogP contribution in [0.5, 0.6) is 5.75 Å². The smallest absolute Gasteiger partial charge is 0.341 e. The van der Waals surface area contributed by atoms with Crippen LogP contribution in [0.3, 0.4) is 0 Å². The van der Waals surface area contributed by atoms with Crippen LogP contribution in [0.1, 0.15) is 0 Å². The van der Waals surface area contributed by atoms with Crippen LogP contribution in [-0.4, -0.2) is 17.7 Å². The molecule has 0 unspecified atom stereocenters. The standard InChI is InChI=1S/C8H8O3/c9-8(10)6-11-7-4-2-1-3-5-7/h1-5H,6H2,(H,9,10)/i/hD. The second-order valence-corrected chi connectivity index (χ2v) is 1.97. The number of ether oxygens (including phenoxy) is 1. The van der Waals surface area contributed by atoms with Crippen molar-refractivity contribution < 1.29 is 14.6 Å². The minimum atomic E-state index is -0.709. The van der Waals surface area contributed by atoms with Crippen molar-refractivity contribution in [3.63, 3.8) is 0 Å². The first-order valence-electron chi connectivity index (χ1n) is 3.57. The number of carboxylic acids is 1. The monoisotopic (exact) mass is 153 g/mol. The summed E-state index contributed by atoms with van der Waals surface area (Å²) < 4.78 is 11.2. The van der Waals surface area contributed by atoms with Crippen molar-refractivity contribution in [3.8, 4) is 5.75 Å². The predicted octanol–water partition coefficient (Wildman–Crippen LogP) is 1.15. The van der Waals surface area contributed by atoms with Crippen molar-refractivity contribution in [2.75, 3.05) is 6.61 Å². The Hall–Kier alpha value is -1.51. The number of aliphatic carboxylic acids is 1. The second kappa shape index (κ2) is 3.61. The van der Waals surface area contributed by atoms with Gasteiger partial charge in [0.2, 0.25) is 0 Å². The van der Waals surface area contributed by atoms with Gasteiger partial charge in [0, 0.05) is 0 Å². The zero-order chi connectivity index (χ0) is 8.81. The van der Waals surface area contributed by atoms with Gasteiger partial charge >= 0.3 is 5.97 Å². The Balaban J connectivity index is 2.38. The fourth-order valence-corrected chi connectivity index (χ4v) is 0.659. The predicted molar refractivity (Wildman–Crippen MR) is 39.6 cm³/mol. The van der Waals surface area contributed by atoms with Crippen molar-refractivity contribution in [2.24, 2.45) is 0 Å².